The second-order valence-corrected chi connectivity index (χ2v) is 8.39. The number of hydrogen-bond donors (Lipinski definition) is 0. The summed E-state index contributed by atoms with van der Waals surface area (Å²) < 4.78 is 65.5. The van der Waals surface area contributed by atoms with E-state index in [0.717, 1.165) is 36.7 Å². The van der Waals surface area contributed by atoms with Gasteiger partial charge in [-0.05, 0) is 25.0 Å². The molecule has 12 heteroatoms. The SMILES string of the molecule is FC(F)Cn1ncc2ncc(N3CC4(CCN(c5ccnc(C(F)(F)F)c5)CC4)C3)nc21. The van der Waals surface area contributed by atoms with E-state index in [0.29, 0.717) is 35.8 Å². The fourth-order valence-corrected chi connectivity index (χ4v) is 4.51. The van der Waals surface area contributed by atoms with Crippen LogP contribution in [-0.4, -0.2) is 57.3 Å². The number of fused-ring (bicyclic) bond motifs is 1. The average molecular weight is 453 g/mol. The van der Waals surface area contributed by atoms with E-state index in [1.54, 1.807) is 12.3 Å². The van der Waals surface area contributed by atoms with Crippen molar-refractivity contribution < 1.29 is 22.0 Å². The van der Waals surface area contributed by atoms with Gasteiger partial charge in [-0.15, -0.1) is 0 Å². The molecule has 0 aliphatic carbocycles. The summed E-state index contributed by atoms with van der Waals surface area (Å²) >= 11 is 0. The second kappa shape index (κ2) is 7.52. The van der Waals surface area contributed by atoms with E-state index >= 15 is 0 Å². The molecule has 0 aromatic carbocycles. The molecule has 5 heterocycles. The Balaban J connectivity index is 1.24. The highest BCUT2D eigenvalue weighted by Gasteiger charge is 2.45. The Morgan fingerprint density at radius 2 is 1.78 bits per heavy atom. The molecule has 2 fully saturated rings. The van der Waals surface area contributed by atoms with Crippen molar-refractivity contribution in [3.05, 3.63) is 36.4 Å². The molecule has 0 amide bonds. The zero-order valence-electron chi connectivity index (χ0n) is 16.9. The zero-order valence-corrected chi connectivity index (χ0v) is 16.9. The van der Waals surface area contributed by atoms with Crippen LogP contribution in [0.3, 0.4) is 0 Å². The first kappa shape index (κ1) is 20.8. The molecule has 0 atom stereocenters. The molecule has 0 radical (unpaired) electrons. The number of aromatic nitrogens is 5. The minimum Gasteiger partial charge on any atom is -0.371 e. The maximum absolute atomic E-state index is 12.9. The van der Waals surface area contributed by atoms with Gasteiger partial charge >= 0.3 is 6.18 Å². The molecule has 0 unspecified atom stereocenters. The van der Waals surface area contributed by atoms with Crippen molar-refractivity contribution in [2.45, 2.75) is 32.0 Å². The number of pyridine rings is 1. The number of rotatable bonds is 4. The molecule has 3 aromatic heterocycles. The molecular formula is C20H20F5N7. The fraction of sp³-hybridized carbons (Fsp3) is 0.500. The smallest absolute Gasteiger partial charge is 0.371 e. The van der Waals surface area contributed by atoms with E-state index in [9.17, 15) is 22.0 Å². The predicted octanol–water partition coefficient (Wildman–Crippen LogP) is 3.61. The van der Waals surface area contributed by atoms with E-state index in [4.69, 9.17) is 0 Å². The number of nitrogens with zero attached hydrogens (tertiary/aromatic N) is 7. The number of halogens is 5. The summed E-state index contributed by atoms with van der Waals surface area (Å²) in [6, 6.07) is 2.70. The van der Waals surface area contributed by atoms with E-state index < -0.39 is 24.8 Å². The summed E-state index contributed by atoms with van der Waals surface area (Å²) in [6.07, 6.45) is -1.08. The van der Waals surface area contributed by atoms with Crippen LogP contribution in [0.2, 0.25) is 0 Å². The quantitative estimate of drug-likeness (QED) is 0.563. The molecule has 1 spiro atoms. The van der Waals surface area contributed by atoms with Crippen LogP contribution in [-0.2, 0) is 12.7 Å². The van der Waals surface area contributed by atoms with Crippen molar-refractivity contribution in [3.63, 3.8) is 0 Å². The molecule has 32 heavy (non-hydrogen) atoms. The van der Waals surface area contributed by atoms with Gasteiger partial charge in [0.15, 0.2) is 5.65 Å². The van der Waals surface area contributed by atoms with Crippen LogP contribution in [0, 0.1) is 5.41 Å². The fourth-order valence-electron chi connectivity index (χ4n) is 4.51. The molecule has 7 nitrogen and oxygen atoms in total. The molecule has 170 valence electrons. The van der Waals surface area contributed by atoms with Crippen LogP contribution in [0.4, 0.5) is 33.5 Å². The van der Waals surface area contributed by atoms with Gasteiger partial charge in [-0.3, -0.25) is 4.98 Å². The van der Waals surface area contributed by atoms with Crippen molar-refractivity contribution in [2.24, 2.45) is 5.41 Å². The molecule has 0 saturated carbocycles. The van der Waals surface area contributed by atoms with E-state index in [1.807, 2.05) is 4.90 Å². The van der Waals surface area contributed by atoms with Crippen molar-refractivity contribution >= 4 is 22.7 Å². The van der Waals surface area contributed by atoms with Crippen LogP contribution >= 0.6 is 0 Å². The Hall–Kier alpha value is -3.05. The van der Waals surface area contributed by atoms with Gasteiger partial charge in [0, 0.05) is 43.5 Å². The topological polar surface area (TPSA) is 63.0 Å². The van der Waals surface area contributed by atoms with Gasteiger partial charge in [0.25, 0.3) is 6.43 Å². The number of anilines is 2. The Kier molecular flexibility index (Phi) is 4.90. The van der Waals surface area contributed by atoms with Crippen molar-refractivity contribution in [1.82, 2.24) is 24.7 Å². The highest BCUT2D eigenvalue weighted by Crippen LogP contribution is 2.43. The van der Waals surface area contributed by atoms with Gasteiger partial charge in [-0.1, -0.05) is 0 Å². The first-order valence-electron chi connectivity index (χ1n) is 10.2. The van der Waals surface area contributed by atoms with Crippen molar-refractivity contribution in [1.29, 1.82) is 0 Å². The number of piperidine rings is 1. The van der Waals surface area contributed by atoms with Crippen molar-refractivity contribution in [2.75, 3.05) is 36.0 Å². The van der Waals surface area contributed by atoms with Crippen LogP contribution in [0.5, 0.6) is 0 Å². The molecule has 0 N–H and O–H groups in total. The highest BCUT2D eigenvalue weighted by molar-refractivity contribution is 5.71. The summed E-state index contributed by atoms with van der Waals surface area (Å²) in [5.74, 6) is 0.616. The van der Waals surface area contributed by atoms with E-state index in [-0.39, 0.29) is 5.41 Å². The third-order valence-electron chi connectivity index (χ3n) is 6.24. The van der Waals surface area contributed by atoms with Gasteiger partial charge in [0.2, 0.25) is 0 Å². The van der Waals surface area contributed by atoms with Crippen LogP contribution in [0.25, 0.3) is 11.2 Å². The van der Waals surface area contributed by atoms with Gasteiger partial charge in [0.05, 0.1) is 12.4 Å². The number of hydrogen-bond acceptors (Lipinski definition) is 6. The Labute approximate surface area is 179 Å². The largest absolute Gasteiger partial charge is 0.433 e. The first-order chi connectivity index (χ1) is 15.2. The molecule has 5 rings (SSSR count). The summed E-state index contributed by atoms with van der Waals surface area (Å²) in [5.41, 5.74) is 0.508. The summed E-state index contributed by atoms with van der Waals surface area (Å²) in [5, 5.41) is 3.93. The van der Waals surface area contributed by atoms with E-state index in [1.165, 1.54) is 12.4 Å². The lowest BCUT2D eigenvalue weighted by molar-refractivity contribution is -0.141. The predicted molar refractivity (Wildman–Crippen MR) is 107 cm³/mol. The molecular weight excluding hydrogens is 433 g/mol. The first-order valence-corrected chi connectivity index (χ1v) is 10.2. The van der Waals surface area contributed by atoms with Crippen LogP contribution in [0.15, 0.2) is 30.7 Å². The summed E-state index contributed by atoms with van der Waals surface area (Å²) in [6.45, 7) is 2.26. The second-order valence-electron chi connectivity index (χ2n) is 8.39. The number of alkyl halides is 5. The lowest BCUT2D eigenvalue weighted by Crippen LogP contribution is -2.60. The molecule has 2 saturated heterocycles. The van der Waals surface area contributed by atoms with Crippen LogP contribution in [0.1, 0.15) is 18.5 Å². The average Bonchev–Trinajstić information content (AvgIpc) is 3.13. The van der Waals surface area contributed by atoms with Crippen molar-refractivity contribution in [3.8, 4) is 0 Å². The molecule has 2 aliphatic rings. The third kappa shape index (κ3) is 3.82. The Morgan fingerprint density at radius 1 is 1.03 bits per heavy atom. The monoisotopic (exact) mass is 453 g/mol. The maximum atomic E-state index is 12.9. The minimum atomic E-state index is -4.46. The summed E-state index contributed by atoms with van der Waals surface area (Å²) in [4.78, 5) is 16.2. The Bertz CT molecular complexity index is 1110. The standard InChI is InChI=1S/C20H20F5N7/c21-16(22)10-32-18-14(8-28-32)27-9-17(29-18)31-11-19(12-31)2-5-30(6-3-19)13-1-4-26-15(7-13)20(23,24)25/h1,4,7-9,16H,2-3,5-6,10-12H2. The third-order valence-corrected chi connectivity index (χ3v) is 6.24. The highest BCUT2D eigenvalue weighted by atomic mass is 19.4. The van der Waals surface area contributed by atoms with Gasteiger partial charge in [0.1, 0.15) is 23.6 Å². The van der Waals surface area contributed by atoms with Gasteiger partial charge in [-0.25, -0.2) is 23.4 Å². The van der Waals surface area contributed by atoms with Gasteiger partial charge in [-0.2, -0.15) is 18.3 Å². The van der Waals surface area contributed by atoms with Gasteiger partial charge < -0.3 is 9.80 Å². The normalized spacial score (nSPS) is 18.6. The molecule has 0 bridgehead atoms. The molecule has 2 aliphatic heterocycles. The maximum Gasteiger partial charge on any atom is 0.433 e. The Morgan fingerprint density at radius 3 is 2.47 bits per heavy atom. The van der Waals surface area contributed by atoms with E-state index in [2.05, 4.69) is 25.0 Å². The lowest BCUT2D eigenvalue weighted by atomic mass is 9.72. The lowest BCUT2D eigenvalue weighted by Gasteiger charge is -2.54. The minimum absolute atomic E-state index is 0.0657. The summed E-state index contributed by atoms with van der Waals surface area (Å²) in [7, 11) is 0. The van der Waals surface area contributed by atoms with Crippen LogP contribution < -0.4 is 9.80 Å². The zero-order chi connectivity index (χ0) is 22.5. The molecule has 3 aromatic rings.